The molecule has 2 amide bonds. The van der Waals surface area contributed by atoms with Crippen molar-refractivity contribution in [1.82, 2.24) is 30.3 Å². The van der Waals surface area contributed by atoms with E-state index in [1.165, 1.54) is 0 Å². The Hall–Kier alpha value is -5.57. The Labute approximate surface area is 235 Å². The summed E-state index contributed by atoms with van der Waals surface area (Å²) in [5.74, 6) is 0.170. The summed E-state index contributed by atoms with van der Waals surface area (Å²) in [6, 6.07) is 35.0. The normalized spacial score (nSPS) is 10.9. The van der Waals surface area contributed by atoms with Crippen molar-refractivity contribution < 1.29 is 14.1 Å². The molecule has 41 heavy (non-hydrogen) atoms. The van der Waals surface area contributed by atoms with Gasteiger partial charge in [-0.25, -0.2) is 4.98 Å². The van der Waals surface area contributed by atoms with Gasteiger partial charge < -0.3 is 15.2 Å². The van der Waals surface area contributed by atoms with Gasteiger partial charge in [0.2, 0.25) is 5.89 Å². The van der Waals surface area contributed by atoms with E-state index in [4.69, 9.17) is 9.51 Å². The zero-order valence-corrected chi connectivity index (χ0v) is 22.0. The molecule has 6 rings (SSSR count). The SMILES string of the molecule is O=C(NCCc1nc(C(=O)NCc2nc3ccccc3n2-c2ccccc2)no1)c1ccc(-c2ccccc2)cc1. The summed E-state index contributed by atoms with van der Waals surface area (Å²) < 4.78 is 7.25. The monoisotopic (exact) mass is 542 g/mol. The molecule has 0 radical (unpaired) electrons. The van der Waals surface area contributed by atoms with Gasteiger partial charge in [-0.3, -0.25) is 14.2 Å². The summed E-state index contributed by atoms with van der Waals surface area (Å²) in [5, 5.41) is 9.49. The Bertz CT molecular complexity index is 1790. The first kappa shape index (κ1) is 25.7. The second-order valence-electron chi connectivity index (χ2n) is 9.33. The average molecular weight is 543 g/mol. The summed E-state index contributed by atoms with van der Waals surface area (Å²) >= 11 is 0. The van der Waals surface area contributed by atoms with Crippen LogP contribution in [-0.2, 0) is 13.0 Å². The number of nitrogens with zero attached hydrogens (tertiary/aromatic N) is 4. The fraction of sp³-hybridized carbons (Fsp3) is 0.0938. The van der Waals surface area contributed by atoms with Crippen LogP contribution in [0, 0.1) is 0 Å². The number of amides is 2. The van der Waals surface area contributed by atoms with Gasteiger partial charge in [-0.1, -0.05) is 78.0 Å². The fourth-order valence-corrected chi connectivity index (χ4v) is 4.58. The fourth-order valence-electron chi connectivity index (χ4n) is 4.58. The molecule has 0 aliphatic carbocycles. The Morgan fingerprint density at radius 1 is 0.707 bits per heavy atom. The van der Waals surface area contributed by atoms with Crippen LogP contribution in [0.2, 0.25) is 0 Å². The van der Waals surface area contributed by atoms with Crippen molar-refractivity contribution in [2.24, 2.45) is 0 Å². The highest BCUT2D eigenvalue weighted by molar-refractivity contribution is 5.94. The molecule has 0 spiro atoms. The topological polar surface area (TPSA) is 115 Å². The highest BCUT2D eigenvalue weighted by Crippen LogP contribution is 2.22. The third-order valence-corrected chi connectivity index (χ3v) is 6.60. The Kier molecular flexibility index (Phi) is 7.31. The van der Waals surface area contributed by atoms with Crippen molar-refractivity contribution >= 4 is 22.8 Å². The van der Waals surface area contributed by atoms with Crippen molar-refractivity contribution in [3.63, 3.8) is 0 Å². The standard InChI is InChI=1S/C32H26N6O3/c39-31(24-17-15-23(16-18-24)22-9-3-1-4-10-22)33-20-19-29-36-30(37-41-29)32(40)34-21-28-35-26-13-7-8-14-27(26)38(28)25-11-5-2-6-12-25/h1-18H,19-21H2,(H,33,39)(H,34,40). The van der Waals surface area contributed by atoms with Crippen LogP contribution in [0.25, 0.3) is 27.8 Å². The molecule has 202 valence electrons. The van der Waals surface area contributed by atoms with E-state index in [1.54, 1.807) is 12.1 Å². The zero-order valence-electron chi connectivity index (χ0n) is 22.0. The quantitative estimate of drug-likeness (QED) is 0.266. The maximum atomic E-state index is 12.8. The number of aromatic nitrogens is 4. The van der Waals surface area contributed by atoms with Crippen molar-refractivity contribution in [2.75, 3.05) is 6.54 Å². The lowest BCUT2D eigenvalue weighted by Gasteiger charge is -2.09. The molecule has 2 aromatic heterocycles. The average Bonchev–Trinajstić information content (AvgIpc) is 3.66. The van der Waals surface area contributed by atoms with Gasteiger partial charge in [0, 0.05) is 24.2 Å². The van der Waals surface area contributed by atoms with Crippen molar-refractivity contribution in [2.45, 2.75) is 13.0 Å². The molecule has 0 saturated heterocycles. The minimum absolute atomic E-state index is 0.0785. The maximum absolute atomic E-state index is 12.8. The van der Waals surface area contributed by atoms with Crippen LogP contribution in [0.4, 0.5) is 0 Å². The predicted octanol–water partition coefficient (Wildman–Crippen LogP) is 4.98. The van der Waals surface area contributed by atoms with Gasteiger partial charge in [-0.2, -0.15) is 4.98 Å². The summed E-state index contributed by atoms with van der Waals surface area (Å²) in [5.41, 5.74) is 5.40. The van der Waals surface area contributed by atoms with E-state index >= 15 is 0 Å². The molecule has 2 N–H and O–H groups in total. The Morgan fingerprint density at radius 2 is 1.39 bits per heavy atom. The van der Waals surface area contributed by atoms with Gasteiger partial charge in [0.1, 0.15) is 5.82 Å². The first-order valence-corrected chi connectivity index (χ1v) is 13.2. The van der Waals surface area contributed by atoms with Gasteiger partial charge in [0.05, 0.1) is 17.6 Å². The van der Waals surface area contributed by atoms with Crippen molar-refractivity contribution in [3.05, 3.63) is 132 Å². The number of hydrogen-bond donors (Lipinski definition) is 2. The summed E-state index contributed by atoms with van der Waals surface area (Å²) in [6.07, 6.45) is 0.290. The highest BCUT2D eigenvalue weighted by Gasteiger charge is 2.18. The molecule has 0 fully saturated rings. The van der Waals surface area contributed by atoms with Crippen LogP contribution >= 0.6 is 0 Å². The summed E-state index contributed by atoms with van der Waals surface area (Å²) in [6.45, 7) is 0.453. The van der Waals surface area contributed by atoms with Gasteiger partial charge in [-0.05, 0) is 47.5 Å². The lowest BCUT2D eigenvalue weighted by molar-refractivity contribution is 0.0933. The smallest absolute Gasteiger partial charge is 0.293 e. The van der Waals surface area contributed by atoms with Crippen LogP contribution in [-0.4, -0.2) is 38.1 Å². The van der Waals surface area contributed by atoms with E-state index < -0.39 is 5.91 Å². The van der Waals surface area contributed by atoms with E-state index in [1.807, 2.05) is 102 Å². The van der Waals surface area contributed by atoms with Gasteiger partial charge >= 0.3 is 0 Å². The van der Waals surface area contributed by atoms with Crippen LogP contribution in [0.3, 0.4) is 0 Å². The maximum Gasteiger partial charge on any atom is 0.293 e. The van der Waals surface area contributed by atoms with E-state index in [0.29, 0.717) is 11.4 Å². The number of para-hydroxylation sites is 3. The molecule has 0 unspecified atom stereocenters. The number of carbonyl (C=O) groups excluding carboxylic acids is 2. The molecule has 9 heteroatoms. The molecule has 0 aliphatic rings. The second kappa shape index (κ2) is 11.7. The van der Waals surface area contributed by atoms with E-state index in [9.17, 15) is 9.59 Å². The van der Waals surface area contributed by atoms with Crippen molar-refractivity contribution in [3.8, 4) is 16.8 Å². The van der Waals surface area contributed by atoms with E-state index in [2.05, 4.69) is 20.8 Å². The third-order valence-electron chi connectivity index (χ3n) is 6.60. The number of benzene rings is 4. The summed E-state index contributed by atoms with van der Waals surface area (Å²) in [4.78, 5) is 34.2. The van der Waals surface area contributed by atoms with Crippen LogP contribution in [0.5, 0.6) is 0 Å². The molecule has 4 aromatic carbocycles. The molecule has 0 aliphatic heterocycles. The molecule has 2 heterocycles. The first-order chi connectivity index (χ1) is 20.2. The first-order valence-electron chi connectivity index (χ1n) is 13.2. The molecule has 0 atom stereocenters. The Balaban J connectivity index is 1.04. The van der Waals surface area contributed by atoms with Crippen LogP contribution in [0.1, 0.15) is 32.7 Å². The molecule has 6 aromatic rings. The van der Waals surface area contributed by atoms with E-state index in [0.717, 1.165) is 27.8 Å². The number of fused-ring (bicyclic) bond motifs is 1. The molecular weight excluding hydrogens is 516 g/mol. The lowest BCUT2D eigenvalue weighted by Crippen LogP contribution is -2.26. The largest absolute Gasteiger partial charge is 0.352 e. The number of carbonyl (C=O) groups is 2. The number of nitrogens with one attached hydrogen (secondary N) is 2. The number of rotatable bonds is 9. The van der Waals surface area contributed by atoms with Gasteiger partial charge in [0.25, 0.3) is 17.6 Å². The highest BCUT2D eigenvalue weighted by atomic mass is 16.5. The van der Waals surface area contributed by atoms with Crippen molar-refractivity contribution in [1.29, 1.82) is 0 Å². The van der Waals surface area contributed by atoms with Gasteiger partial charge in [0.15, 0.2) is 0 Å². The minimum Gasteiger partial charge on any atom is -0.352 e. The van der Waals surface area contributed by atoms with Crippen LogP contribution < -0.4 is 10.6 Å². The Morgan fingerprint density at radius 3 is 2.17 bits per heavy atom. The summed E-state index contributed by atoms with van der Waals surface area (Å²) in [7, 11) is 0. The molecule has 0 saturated carbocycles. The molecule has 0 bridgehead atoms. The minimum atomic E-state index is -0.478. The number of imidazole rings is 1. The number of hydrogen-bond acceptors (Lipinski definition) is 6. The molecule has 9 nitrogen and oxygen atoms in total. The third kappa shape index (κ3) is 5.74. The van der Waals surface area contributed by atoms with Gasteiger partial charge in [-0.15, -0.1) is 0 Å². The lowest BCUT2D eigenvalue weighted by atomic mass is 10.0. The van der Waals surface area contributed by atoms with E-state index in [-0.39, 0.29) is 37.1 Å². The zero-order chi connectivity index (χ0) is 28.0. The molecular formula is C32H26N6O3. The van der Waals surface area contributed by atoms with Crippen LogP contribution in [0.15, 0.2) is 114 Å². The predicted molar refractivity (Wildman–Crippen MR) is 154 cm³/mol. The second-order valence-corrected chi connectivity index (χ2v) is 9.33.